The Bertz CT molecular complexity index is 424. The number of hydrogen-bond donors (Lipinski definition) is 0. The molecular formula is C11H10F2O3. The number of carbonyl (C=O) groups is 1. The number of ether oxygens (including phenoxy) is 2. The van der Waals surface area contributed by atoms with Crippen molar-refractivity contribution < 1.29 is 23.0 Å². The number of hydrogen-bond acceptors (Lipinski definition) is 3. The molecule has 0 atom stereocenters. The average molecular weight is 228 g/mol. The summed E-state index contributed by atoms with van der Waals surface area (Å²) in [6, 6.07) is 2.45. The number of carbonyl (C=O) groups excluding carboxylic acids is 1. The lowest BCUT2D eigenvalue weighted by Crippen LogP contribution is -2.18. The zero-order valence-corrected chi connectivity index (χ0v) is 8.63. The summed E-state index contributed by atoms with van der Waals surface area (Å²) in [6.45, 7) is 1.42. The Kier molecular flexibility index (Phi) is 2.53. The van der Waals surface area contributed by atoms with Gasteiger partial charge in [-0.25, -0.2) is 8.78 Å². The van der Waals surface area contributed by atoms with Gasteiger partial charge in [-0.1, -0.05) is 0 Å². The molecule has 0 amide bonds. The normalized spacial score (nSPS) is 14.7. The highest BCUT2D eigenvalue weighted by Crippen LogP contribution is 2.38. The maximum atomic E-state index is 13.2. The van der Waals surface area contributed by atoms with Gasteiger partial charge in [0.2, 0.25) is 0 Å². The van der Waals surface area contributed by atoms with Crippen molar-refractivity contribution in [3.63, 3.8) is 0 Å². The van der Waals surface area contributed by atoms with Crippen LogP contribution in [0.25, 0.3) is 0 Å². The molecule has 0 N–H and O–H groups in total. The van der Waals surface area contributed by atoms with Crippen LogP contribution in [-0.4, -0.2) is 19.5 Å². The minimum atomic E-state index is -3.08. The van der Waals surface area contributed by atoms with Gasteiger partial charge < -0.3 is 9.47 Å². The summed E-state index contributed by atoms with van der Waals surface area (Å²) < 4.78 is 36.8. The highest BCUT2D eigenvalue weighted by molar-refractivity contribution is 5.79. The van der Waals surface area contributed by atoms with Crippen LogP contribution >= 0.6 is 0 Å². The topological polar surface area (TPSA) is 35.5 Å². The molecule has 1 heterocycles. The van der Waals surface area contributed by atoms with Crippen LogP contribution in [0.15, 0.2) is 12.1 Å². The smallest absolute Gasteiger partial charge is 0.271 e. The van der Waals surface area contributed by atoms with Gasteiger partial charge in [-0.15, -0.1) is 0 Å². The van der Waals surface area contributed by atoms with E-state index in [0.29, 0.717) is 25.2 Å². The first-order valence-corrected chi connectivity index (χ1v) is 4.79. The van der Waals surface area contributed by atoms with E-state index in [1.807, 2.05) is 0 Å². The summed E-state index contributed by atoms with van der Waals surface area (Å²) in [7, 11) is 0. The lowest BCUT2D eigenvalue weighted by atomic mass is 10.0. The predicted octanol–water partition coefficient (Wildman–Crippen LogP) is 2.38. The van der Waals surface area contributed by atoms with Gasteiger partial charge in [0.15, 0.2) is 17.8 Å². The molecule has 0 aromatic heterocycles. The van der Waals surface area contributed by atoms with Gasteiger partial charge in [0.25, 0.3) is 5.92 Å². The standard InChI is InChI=1S/C11H10F2O3/c1-11(12,13)8-5-10-9(4-7(8)6-14)15-2-3-16-10/h4-6H,2-3H2,1H3. The first kappa shape index (κ1) is 10.9. The second-order valence-corrected chi connectivity index (χ2v) is 3.59. The van der Waals surface area contributed by atoms with Crippen LogP contribution in [0.1, 0.15) is 22.8 Å². The SMILES string of the molecule is CC(F)(F)c1cc2c(cc1C=O)OCCO2. The fraction of sp³-hybridized carbons (Fsp3) is 0.364. The molecule has 0 radical (unpaired) electrons. The number of halogens is 2. The number of aldehydes is 1. The molecule has 0 saturated heterocycles. The summed E-state index contributed by atoms with van der Waals surface area (Å²) in [4.78, 5) is 10.7. The molecule has 2 rings (SSSR count). The highest BCUT2D eigenvalue weighted by atomic mass is 19.3. The maximum absolute atomic E-state index is 13.2. The fourth-order valence-electron chi connectivity index (χ4n) is 1.58. The summed E-state index contributed by atoms with van der Waals surface area (Å²) >= 11 is 0. The van der Waals surface area contributed by atoms with Crippen LogP contribution in [0.2, 0.25) is 0 Å². The number of fused-ring (bicyclic) bond motifs is 1. The van der Waals surface area contributed by atoms with E-state index in [4.69, 9.17) is 9.47 Å². The zero-order valence-electron chi connectivity index (χ0n) is 8.63. The predicted molar refractivity (Wildman–Crippen MR) is 52.4 cm³/mol. The number of benzene rings is 1. The van der Waals surface area contributed by atoms with E-state index in [9.17, 15) is 13.6 Å². The molecule has 0 saturated carbocycles. The van der Waals surface area contributed by atoms with E-state index >= 15 is 0 Å². The minimum absolute atomic E-state index is 0.0725. The van der Waals surface area contributed by atoms with Crippen molar-refractivity contribution in [1.82, 2.24) is 0 Å². The Balaban J connectivity index is 2.56. The fourth-order valence-corrected chi connectivity index (χ4v) is 1.58. The van der Waals surface area contributed by atoms with Gasteiger partial charge >= 0.3 is 0 Å². The Labute approximate surface area is 91.0 Å². The molecule has 0 spiro atoms. The maximum Gasteiger partial charge on any atom is 0.271 e. The molecule has 0 aliphatic carbocycles. The summed E-state index contributed by atoms with van der Waals surface area (Å²) in [5, 5.41) is 0. The van der Waals surface area contributed by atoms with Crippen LogP contribution in [0, 0.1) is 0 Å². The zero-order chi connectivity index (χ0) is 11.8. The van der Waals surface area contributed by atoms with Gasteiger partial charge in [-0.3, -0.25) is 4.79 Å². The van der Waals surface area contributed by atoms with E-state index in [-0.39, 0.29) is 16.9 Å². The molecule has 0 fully saturated rings. The van der Waals surface area contributed by atoms with Gasteiger partial charge in [0, 0.05) is 18.1 Å². The van der Waals surface area contributed by atoms with E-state index in [1.165, 1.54) is 6.07 Å². The van der Waals surface area contributed by atoms with E-state index in [1.54, 1.807) is 0 Å². The van der Waals surface area contributed by atoms with Crippen LogP contribution in [0.5, 0.6) is 11.5 Å². The van der Waals surface area contributed by atoms with Crippen LogP contribution in [0.3, 0.4) is 0 Å². The monoisotopic (exact) mass is 228 g/mol. The Morgan fingerprint density at radius 3 is 2.31 bits per heavy atom. The third kappa shape index (κ3) is 1.85. The lowest BCUT2D eigenvalue weighted by molar-refractivity contribution is 0.0162. The Hall–Kier alpha value is -1.65. The Morgan fingerprint density at radius 1 is 1.25 bits per heavy atom. The van der Waals surface area contributed by atoms with Crippen molar-refractivity contribution >= 4 is 6.29 Å². The summed E-state index contributed by atoms with van der Waals surface area (Å²) in [5.74, 6) is -2.48. The van der Waals surface area contributed by atoms with Gasteiger partial charge in [-0.2, -0.15) is 0 Å². The second kappa shape index (κ2) is 3.73. The lowest BCUT2D eigenvalue weighted by Gasteiger charge is -2.21. The second-order valence-electron chi connectivity index (χ2n) is 3.59. The van der Waals surface area contributed by atoms with Crippen molar-refractivity contribution in [2.45, 2.75) is 12.8 Å². The molecule has 0 unspecified atom stereocenters. The first-order chi connectivity index (χ1) is 7.52. The molecule has 16 heavy (non-hydrogen) atoms. The van der Waals surface area contributed by atoms with Crippen molar-refractivity contribution in [3.8, 4) is 11.5 Å². The summed E-state index contributed by atoms with van der Waals surface area (Å²) in [6.07, 6.45) is 0.394. The molecule has 1 aliphatic heterocycles. The third-order valence-electron chi connectivity index (χ3n) is 2.31. The largest absolute Gasteiger partial charge is 0.486 e. The van der Waals surface area contributed by atoms with Crippen LogP contribution < -0.4 is 9.47 Å². The van der Waals surface area contributed by atoms with Crippen molar-refractivity contribution in [2.24, 2.45) is 0 Å². The molecule has 1 aliphatic rings. The van der Waals surface area contributed by atoms with Crippen molar-refractivity contribution in [2.75, 3.05) is 13.2 Å². The molecular weight excluding hydrogens is 218 g/mol. The van der Waals surface area contributed by atoms with Crippen LogP contribution in [-0.2, 0) is 5.92 Å². The van der Waals surface area contributed by atoms with E-state index in [0.717, 1.165) is 13.0 Å². The van der Waals surface area contributed by atoms with Crippen molar-refractivity contribution in [3.05, 3.63) is 23.3 Å². The van der Waals surface area contributed by atoms with Gasteiger partial charge in [-0.05, 0) is 12.1 Å². The molecule has 1 aromatic carbocycles. The number of alkyl halides is 2. The summed E-state index contributed by atoms with van der Waals surface area (Å²) in [5.41, 5.74) is -0.413. The Morgan fingerprint density at radius 2 is 1.81 bits per heavy atom. The van der Waals surface area contributed by atoms with Crippen molar-refractivity contribution in [1.29, 1.82) is 0 Å². The van der Waals surface area contributed by atoms with Gasteiger partial charge in [0.1, 0.15) is 13.2 Å². The number of rotatable bonds is 2. The highest BCUT2D eigenvalue weighted by Gasteiger charge is 2.30. The molecule has 86 valence electrons. The molecule has 0 bridgehead atoms. The molecule has 5 heteroatoms. The molecule has 3 nitrogen and oxygen atoms in total. The van der Waals surface area contributed by atoms with Crippen LogP contribution in [0.4, 0.5) is 8.78 Å². The first-order valence-electron chi connectivity index (χ1n) is 4.79. The van der Waals surface area contributed by atoms with E-state index in [2.05, 4.69) is 0 Å². The average Bonchev–Trinajstić information content (AvgIpc) is 2.26. The molecule has 1 aromatic rings. The van der Waals surface area contributed by atoms with Gasteiger partial charge in [0.05, 0.1) is 0 Å². The third-order valence-corrected chi connectivity index (χ3v) is 2.31. The minimum Gasteiger partial charge on any atom is -0.486 e. The quantitative estimate of drug-likeness (QED) is 0.729. The van der Waals surface area contributed by atoms with E-state index < -0.39 is 5.92 Å².